The Bertz CT molecular complexity index is 714. The number of rotatable bonds is 3. The van der Waals surface area contributed by atoms with Crippen molar-refractivity contribution in [1.82, 2.24) is 0 Å². The SMILES string of the molecule is Cc1ccc(NS(=O)(=O)c2cccc(Br)c2)c(O)c1. The van der Waals surface area contributed by atoms with Gasteiger partial charge in [-0.1, -0.05) is 28.1 Å². The first-order chi connectivity index (χ1) is 8.88. The zero-order valence-corrected chi connectivity index (χ0v) is 12.5. The lowest BCUT2D eigenvalue weighted by molar-refractivity contribution is 0.477. The molecule has 0 unspecified atom stereocenters. The van der Waals surface area contributed by atoms with Crippen molar-refractivity contribution >= 4 is 31.6 Å². The summed E-state index contributed by atoms with van der Waals surface area (Å²) in [4.78, 5) is 0.127. The van der Waals surface area contributed by atoms with Crippen LogP contribution in [0.25, 0.3) is 0 Å². The molecule has 0 aromatic heterocycles. The summed E-state index contributed by atoms with van der Waals surface area (Å²) in [5.41, 5.74) is 1.01. The number of sulfonamides is 1. The average Bonchev–Trinajstić information content (AvgIpc) is 2.33. The van der Waals surface area contributed by atoms with Crippen LogP contribution in [0.5, 0.6) is 5.75 Å². The van der Waals surface area contributed by atoms with E-state index in [9.17, 15) is 13.5 Å². The lowest BCUT2D eigenvalue weighted by atomic mass is 10.2. The number of aromatic hydroxyl groups is 1. The van der Waals surface area contributed by atoms with Crippen molar-refractivity contribution < 1.29 is 13.5 Å². The predicted octanol–water partition coefficient (Wildman–Crippen LogP) is 3.26. The number of aryl methyl sites for hydroxylation is 1. The Kier molecular flexibility index (Phi) is 3.82. The summed E-state index contributed by atoms with van der Waals surface area (Å²) < 4.78 is 27.3. The molecule has 100 valence electrons. The molecule has 2 aromatic rings. The maximum Gasteiger partial charge on any atom is 0.262 e. The molecule has 0 amide bonds. The molecule has 0 heterocycles. The smallest absolute Gasteiger partial charge is 0.262 e. The lowest BCUT2D eigenvalue weighted by Crippen LogP contribution is -2.13. The van der Waals surface area contributed by atoms with Gasteiger partial charge in [0.25, 0.3) is 10.0 Å². The monoisotopic (exact) mass is 341 g/mol. The maximum absolute atomic E-state index is 12.1. The molecule has 19 heavy (non-hydrogen) atoms. The van der Waals surface area contributed by atoms with E-state index >= 15 is 0 Å². The van der Waals surface area contributed by atoms with Crippen LogP contribution in [-0.2, 0) is 10.0 Å². The van der Waals surface area contributed by atoms with Crippen LogP contribution in [0, 0.1) is 6.92 Å². The molecular formula is C13H12BrNO3S. The van der Waals surface area contributed by atoms with E-state index in [-0.39, 0.29) is 16.3 Å². The van der Waals surface area contributed by atoms with E-state index in [2.05, 4.69) is 20.7 Å². The van der Waals surface area contributed by atoms with E-state index in [0.717, 1.165) is 5.56 Å². The molecule has 0 aliphatic heterocycles. The molecule has 0 radical (unpaired) electrons. The first kappa shape index (κ1) is 13.9. The van der Waals surface area contributed by atoms with Gasteiger partial charge in [-0.2, -0.15) is 0 Å². The molecule has 6 heteroatoms. The highest BCUT2D eigenvalue weighted by atomic mass is 79.9. The summed E-state index contributed by atoms with van der Waals surface area (Å²) in [6.07, 6.45) is 0. The number of halogens is 1. The van der Waals surface area contributed by atoms with Gasteiger partial charge in [0, 0.05) is 4.47 Å². The normalized spacial score (nSPS) is 11.3. The molecule has 0 aliphatic carbocycles. The largest absolute Gasteiger partial charge is 0.506 e. The van der Waals surface area contributed by atoms with Crippen LogP contribution >= 0.6 is 15.9 Å². The third kappa shape index (κ3) is 3.27. The second kappa shape index (κ2) is 5.22. The highest BCUT2D eigenvalue weighted by Gasteiger charge is 2.16. The Morgan fingerprint density at radius 3 is 2.53 bits per heavy atom. The summed E-state index contributed by atoms with van der Waals surface area (Å²) >= 11 is 3.22. The summed E-state index contributed by atoms with van der Waals surface area (Å²) in [6, 6.07) is 11.1. The number of anilines is 1. The number of hydrogen-bond donors (Lipinski definition) is 2. The van der Waals surface area contributed by atoms with Crippen LogP contribution in [0.2, 0.25) is 0 Å². The van der Waals surface area contributed by atoms with Crippen molar-refractivity contribution in [2.24, 2.45) is 0 Å². The number of phenols is 1. The van der Waals surface area contributed by atoms with Gasteiger partial charge in [0.1, 0.15) is 5.75 Å². The van der Waals surface area contributed by atoms with Crippen LogP contribution in [0.4, 0.5) is 5.69 Å². The van der Waals surface area contributed by atoms with E-state index in [1.54, 1.807) is 18.2 Å². The standard InChI is InChI=1S/C13H12BrNO3S/c1-9-5-6-12(13(16)7-9)15-19(17,18)11-4-2-3-10(14)8-11/h2-8,15-16H,1H3. The van der Waals surface area contributed by atoms with Gasteiger partial charge < -0.3 is 5.11 Å². The first-order valence-corrected chi connectivity index (χ1v) is 7.74. The fourth-order valence-electron chi connectivity index (χ4n) is 1.57. The Hall–Kier alpha value is -1.53. The molecule has 0 atom stereocenters. The Balaban J connectivity index is 2.36. The highest BCUT2D eigenvalue weighted by molar-refractivity contribution is 9.10. The molecule has 0 bridgehead atoms. The molecule has 0 spiro atoms. The molecular weight excluding hydrogens is 330 g/mol. The number of nitrogens with one attached hydrogen (secondary N) is 1. The van der Waals surface area contributed by atoms with Gasteiger partial charge in [-0.05, 0) is 42.8 Å². The predicted molar refractivity (Wildman–Crippen MR) is 77.8 cm³/mol. The minimum atomic E-state index is -3.71. The van der Waals surface area contributed by atoms with Crippen LogP contribution in [0.15, 0.2) is 51.8 Å². The van der Waals surface area contributed by atoms with Crippen molar-refractivity contribution in [2.75, 3.05) is 4.72 Å². The fourth-order valence-corrected chi connectivity index (χ4v) is 3.24. The van der Waals surface area contributed by atoms with Gasteiger partial charge in [-0.3, -0.25) is 4.72 Å². The molecule has 2 aromatic carbocycles. The van der Waals surface area contributed by atoms with Crippen LogP contribution in [0.1, 0.15) is 5.56 Å². The second-order valence-electron chi connectivity index (χ2n) is 4.08. The van der Waals surface area contributed by atoms with Gasteiger partial charge in [0.2, 0.25) is 0 Å². The van der Waals surface area contributed by atoms with Crippen molar-refractivity contribution in [2.45, 2.75) is 11.8 Å². The molecule has 0 saturated heterocycles. The minimum absolute atomic E-state index is 0.0985. The molecule has 4 nitrogen and oxygen atoms in total. The Morgan fingerprint density at radius 1 is 1.16 bits per heavy atom. The van der Waals surface area contributed by atoms with E-state index in [0.29, 0.717) is 4.47 Å². The third-order valence-corrected chi connectivity index (χ3v) is 4.36. The van der Waals surface area contributed by atoms with Gasteiger partial charge in [0.05, 0.1) is 10.6 Å². The summed E-state index contributed by atoms with van der Waals surface area (Å²) in [5, 5.41) is 9.72. The number of hydrogen-bond acceptors (Lipinski definition) is 3. The van der Waals surface area contributed by atoms with Crippen LogP contribution in [0.3, 0.4) is 0 Å². The quantitative estimate of drug-likeness (QED) is 0.842. The summed E-state index contributed by atoms with van der Waals surface area (Å²) in [7, 11) is -3.71. The van der Waals surface area contributed by atoms with Crippen molar-refractivity contribution in [3.05, 3.63) is 52.5 Å². The third-order valence-electron chi connectivity index (χ3n) is 2.50. The van der Waals surface area contributed by atoms with Crippen LogP contribution in [-0.4, -0.2) is 13.5 Å². The molecule has 2 N–H and O–H groups in total. The van der Waals surface area contributed by atoms with Crippen molar-refractivity contribution in [1.29, 1.82) is 0 Å². The zero-order chi connectivity index (χ0) is 14.0. The molecule has 0 saturated carbocycles. The minimum Gasteiger partial charge on any atom is -0.506 e. The summed E-state index contributed by atoms with van der Waals surface area (Å²) in [5.74, 6) is -0.0985. The zero-order valence-electron chi connectivity index (χ0n) is 10.1. The van der Waals surface area contributed by atoms with Crippen LogP contribution < -0.4 is 4.72 Å². The van der Waals surface area contributed by atoms with Gasteiger partial charge in [-0.15, -0.1) is 0 Å². The first-order valence-electron chi connectivity index (χ1n) is 5.46. The molecule has 0 fully saturated rings. The lowest BCUT2D eigenvalue weighted by Gasteiger charge is -2.10. The average molecular weight is 342 g/mol. The topological polar surface area (TPSA) is 66.4 Å². The summed E-state index contributed by atoms with van der Waals surface area (Å²) in [6.45, 7) is 1.81. The van der Waals surface area contributed by atoms with E-state index in [1.807, 2.05) is 6.92 Å². The van der Waals surface area contributed by atoms with E-state index < -0.39 is 10.0 Å². The Morgan fingerprint density at radius 2 is 1.89 bits per heavy atom. The van der Waals surface area contributed by atoms with E-state index in [1.165, 1.54) is 24.3 Å². The van der Waals surface area contributed by atoms with Gasteiger partial charge in [-0.25, -0.2) is 8.42 Å². The molecule has 2 rings (SSSR count). The van der Waals surface area contributed by atoms with Crippen molar-refractivity contribution in [3.8, 4) is 5.75 Å². The number of phenolic OH excluding ortho intramolecular Hbond substituents is 1. The highest BCUT2D eigenvalue weighted by Crippen LogP contribution is 2.27. The van der Waals surface area contributed by atoms with Gasteiger partial charge in [0.15, 0.2) is 0 Å². The van der Waals surface area contributed by atoms with E-state index in [4.69, 9.17) is 0 Å². The van der Waals surface area contributed by atoms with Gasteiger partial charge >= 0.3 is 0 Å². The second-order valence-corrected chi connectivity index (χ2v) is 6.68. The van der Waals surface area contributed by atoms with Crippen molar-refractivity contribution in [3.63, 3.8) is 0 Å². The Labute approximate surface area is 120 Å². The maximum atomic E-state index is 12.1. The fraction of sp³-hybridized carbons (Fsp3) is 0.0769. The molecule has 0 aliphatic rings. The number of benzene rings is 2.